The van der Waals surface area contributed by atoms with Gasteiger partial charge in [-0.05, 0) is 59.1 Å². The average molecular weight is 299 g/mol. The second-order valence-corrected chi connectivity index (χ2v) is 6.87. The highest BCUT2D eigenvalue weighted by atomic mass is 16.7. The Morgan fingerprint density at radius 3 is 1.91 bits per heavy atom. The molecule has 4 nitrogen and oxygen atoms in total. The van der Waals surface area contributed by atoms with Crippen molar-refractivity contribution in [2.24, 2.45) is 0 Å². The van der Waals surface area contributed by atoms with Gasteiger partial charge in [0, 0.05) is 5.56 Å². The molecule has 1 aliphatic rings. The van der Waals surface area contributed by atoms with Crippen LogP contribution in [-0.2, 0) is 9.31 Å². The molecule has 0 N–H and O–H groups in total. The molecule has 5 heteroatoms. The van der Waals surface area contributed by atoms with Crippen molar-refractivity contribution in [1.29, 1.82) is 0 Å². The highest BCUT2D eigenvalue weighted by molar-refractivity contribution is 6.62. The highest BCUT2D eigenvalue weighted by Crippen LogP contribution is 2.36. The summed E-state index contributed by atoms with van der Waals surface area (Å²) in [5.74, 6) is 1.50. The lowest BCUT2D eigenvalue weighted by Crippen LogP contribution is -2.41. The topological polar surface area (TPSA) is 44.5 Å². The van der Waals surface area contributed by atoms with E-state index in [9.17, 15) is 0 Å². The smallest absolute Gasteiger partial charge is 0.441 e. The largest absolute Gasteiger partial charge is 0.494 e. The quantitative estimate of drug-likeness (QED) is 0.798. The second kappa shape index (κ2) is 4.96. The number of hydrogen-bond acceptors (Lipinski definition) is 4. The Labute approximate surface area is 132 Å². The van der Waals surface area contributed by atoms with E-state index < -0.39 is 0 Å². The van der Waals surface area contributed by atoms with E-state index in [1.807, 2.05) is 38.1 Å². The molecular formula is C17H22BNO3. The Bertz CT molecular complexity index is 653. The van der Waals surface area contributed by atoms with Crippen LogP contribution >= 0.6 is 0 Å². The molecule has 1 fully saturated rings. The van der Waals surface area contributed by atoms with Gasteiger partial charge in [0.05, 0.1) is 16.9 Å². The minimum atomic E-state index is -0.341. The van der Waals surface area contributed by atoms with Gasteiger partial charge in [-0.1, -0.05) is 12.1 Å². The zero-order chi connectivity index (χ0) is 16.1. The van der Waals surface area contributed by atoms with E-state index in [0.29, 0.717) is 5.89 Å². The summed E-state index contributed by atoms with van der Waals surface area (Å²) in [7, 11) is -0.341. The van der Waals surface area contributed by atoms with Crippen molar-refractivity contribution in [1.82, 2.24) is 4.98 Å². The van der Waals surface area contributed by atoms with Crippen molar-refractivity contribution in [2.45, 2.75) is 52.7 Å². The Hall–Kier alpha value is -1.59. The number of hydrogen-bond donors (Lipinski definition) is 0. The molecule has 0 unspecified atom stereocenters. The van der Waals surface area contributed by atoms with Gasteiger partial charge in [0.25, 0.3) is 0 Å². The fraction of sp³-hybridized carbons (Fsp3) is 0.471. The summed E-state index contributed by atoms with van der Waals surface area (Å²) in [6, 6.07) is 7.99. The van der Waals surface area contributed by atoms with Crippen molar-refractivity contribution in [3.63, 3.8) is 0 Å². The average Bonchev–Trinajstić information content (AvgIpc) is 2.87. The van der Waals surface area contributed by atoms with Crippen molar-refractivity contribution >= 4 is 12.6 Å². The van der Waals surface area contributed by atoms with Gasteiger partial charge in [0.15, 0.2) is 0 Å². The highest BCUT2D eigenvalue weighted by Gasteiger charge is 2.51. The van der Waals surface area contributed by atoms with Crippen LogP contribution < -0.4 is 5.46 Å². The second-order valence-electron chi connectivity index (χ2n) is 6.87. The van der Waals surface area contributed by atoms with Gasteiger partial charge in [0.1, 0.15) is 5.76 Å². The molecule has 0 amide bonds. The van der Waals surface area contributed by atoms with Crippen LogP contribution in [0.25, 0.3) is 11.5 Å². The minimum absolute atomic E-state index is 0.326. The van der Waals surface area contributed by atoms with Gasteiger partial charge < -0.3 is 13.7 Å². The summed E-state index contributed by atoms with van der Waals surface area (Å²) in [5, 5.41) is 0. The normalized spacial score (nSPS) is 19.6. The zero-order valence-corrected chi connectivity index (χ0v) is 14.1. The van der Waals surface area contributed by atoms with Gasteiger partial charge in [0.2, 0.25) is 5.89 Å². The number of aromatic nitrogens is 1. The van der Waals surface area contributed by atoms with Crippen LogP contribution in [0.1, 0.15) is 39.1 Å². The predicted octanol–water partition coefficient (Wildman–Crippen LogP) is 3.26. The molecule has 22 heavy (non-hydrogen) atoms. The minimum Gasteiger partial charge on any atom is -0.441 e. The third-order valence-electron chi connectivity index (χ3n) is 4.71. The van der Waals surface area contributed by atoms with Crippen molar-refractivity contribution < 1.29 is 13.7 Å². The molecule has 0 bridgehead atoms. The number of nitrogens with zero attached hydrogens (tertiary/aromatic N) is 1. The number of rotatable bonds is 2. The van der Waals surface area contributed by atoms with E-state index in [1.54, 1.807) is 0 Å². The fourth-order valence-electron chi connectivity index (χ4n) is 2.36. The number of aryl methyl sites for hydroxylation is 2. The van der Waals surface area contributed by atoms with Gasteiger partial charge >= 0.3 is 7.12 Å². The van der Waals surface area contributed by atoms with Crippen LogP contribution in [0.2, 0.25) is 0 Å². The lowest BCUT2D eigenvalue weighted by molar-refractivity contribution is 0.00578. The monoisotopic (exact) mass is 299 g/mol. The maximum atomic E-state index is 6.06. The number of oxazole rings is 1. The SMILES string of the molecule is Cc1nc(-c2ccc(B3OC(C)(C)C(C)(C)O3)cc2)oc1C. The molecule has 0 aliphatic carbocycles. The third kappa shape index (κ3) is 2.48. The van der Waals surface area contributed by atoms with Gasteiger partial charge in [-0.15, -0.1) is 0 Å². The molecule has 3 rings (SSSR count). The molecule has 1 aliphatic heterocycles. The van der Waals surface area contributed by atoms with Crippen molar-refractivity contribution in [2.75, 3.05) is 0 Å². The van der Waals surface area contributed by atoms with Crippen LogP contribution in [0.3, 0.4) is 0 Å². The molecule has 2 heterocycles. The van der Waals surface area contributed by atoms with Crippen LogP contribution in [0.4, 0.5) is 0 Å². The van der Waals surface area contributed by atoms with E-state index in [2.05, 4.69) is 32.7 Å². The molecule has 1 aromatic carbocycles. The van der Waals surface area contributed by atoms with E-state index in [1.165, 1.54) is 0 Å². The summed E-state index contributed by atoms with van der Waals surface area (Å²) < 4.78 is 17.8. The van der Waals surface area contributed by atoms with Crippen LogP contribution in [-0.4, -0.2) is 23.3 Å². The van der Waals surface area contributed by atoms with E-state index in [4.69, 9.17) is 13.7 Å². The Morgan fingerprint density at radius 1 is 0.909 bits per heavy atom. The Balaban J connectivity index is 1.84. The molecule has 0 spiro atoms. The number of benzene rings is 1. The van der Waals surface area contributed by atoms with Crippen LogP contribution in [0.15, 0.2) is 28.7 Å². The molecule has 1 aromatic heterocycles. The van der Waals surface area contributed by atoms with Crippen LogP contribution in [0.5, 0.6) is 0 Å². The summed E-state index contributed by atoms with van der Waals surface area (Å²) >= 11 is 0. The van der Waals surface area contributed by atoms with Gasteiger partial charge in [-0.25, -0.2) is 4.98 Å². The molecular weight excluding hydrogens is 277 g/mol. The molecule has 0 radical (unpaired) electrons. The van der Waals surface area contributed by atoms with E-state index >= 15 is 0 Å². The predicted molar refractivity (Wildman–Crippen MR) is 87.1 cm³/mol. The first kappa shape index (κ1) is 15.3. The molecule has 2 aromatic rings. The standard InChI is InChI=1S/C17H22BNO3/c1-11-12(2)20-15(19-11)13-7-9-14(10-8-13)18-21-16(3,4)17(5,6)22-18/h7-10H,1-6H3. The lowest BCUT2D eigenvalue weighted by Gasteiger charge is -2.32. The zero-order valence-electron chi connectivity index (χ0n) is 14.1. The fourth-order valence-corrected chi connectivity index (χ4v) is 2.36. The molecule has 1 saturated heterocycles. The first-order valence-electron chi connectivity index (χ1n) is 7.60. The van der Waals surface area contributed by atoms with E-state index in [-0.39, 0.29) is 18.3 Å². The van der Waals surface area contributed by atoms with Gasteiger partial charge in [-0.3, -0.25) is 0 Å². The summed E-state index contributed by atoms with van der Waals surface area (Å²) in [4.78, 5) is 4.42. The summed E-state index contributed by atoms with van der Waals surface area (Å²) in [5.41, 5.74) is 2.23. The van der Waals surface area contributed by atoms with Crippen LogP contribution in [0, 0.1) is 13.8 Å². The van der Waals surface area contributed by atoms with Crippen molar-refractivity contribution in [3.05, 3.63) is 35.7 Å². The third-order valence-corrected chi connectivity index (χ3v) is 4.71. The Morgan fingerprint density at radius 2 is 1.45 bits per heavy atom. The van der Waals surface area contributed by atoms with E-state index in [0.717, 1.165) is 22.5 Å². The Kier molecular flexibility index (Phi) is 3.46. The maximum Gasteiger partial charge on any atom is 0.494 e. The maximum absolute atomic E-state index is 6.06. The first-order chi connectivity index (χ1) is 10.2. The molecule has 116 valence electrons. The summed E-state index contributed by atoms with van der Waals surface area (Å²) in [6.07, 6.45) is 0. The van der Waals surface area contributed by atoms with Crippen molar-refractivity contribution in [3.8, 4) is 11.5 Å². The van der Waals surface area contributed by atoms with Gasteiger partial charge in [-0.2, -0.15) is 0 Å². The summed E-state index contributed by atoms with van der Waals surface area (Å²) in [6.45, 7) is 12.1. The lowest BCUT2D eigenvalue weighted by atomic mass is 9.79. The molecule has 0 atom stereocenters. The molecule has 0 saturated carbocycles. The first-order valence-corrected chi connectivity index (χ1v) is 7.60.